The molecule has 0 spiro atoms. The summed E-state index contributed by atoms with van der Waals surface area (Å²) in [6.07, 6.45) is 1.58. The summed E-state index contributed by atoms with van der Waals surface area (Å²) in [7, 11) is 0. The zero-order valence-electron chi connectivity index (χ0n) is 8.00. The van der Waals surface area contributed by atoms with Crippen LogP contribution in [0.1, 0.15) is 27.7 Å². The fourth-order valence-corrected chi connectivity index (χ4v) is 0.892. The normalized spacial score (nSPS) is 14.9. The first-order valence-electron chi connectivity index (χ1n) is 4.00. The van der Waals surface area contributed by atoms with Crippen LogP contribution in [0.5, 0.6) is 0 Å². The van der Waals surface area contributed by atoms with Gasteiger partial charge >= 0.3 is 5.97 Å². The summed E-state index contributed by atoms with van der Waals surface area (Å²) < 4.78 is 5.33. The van der Waals surface area contributed by atoms with Gasteiger partial charge in [0, 0.05) is 5.57 Å². The van der Waals surface area contributed by atoms with Crippen LogP contribution in [-0.4, -0.2) is 23.3 Å². The molecule has 1 atom stereocenters. The largest absolute Gasteiger partial charge is 0.478 e. The molecule has 0 heterocycles. The minimum atomic E-state index is -0.894. The van der Waals surface area contributed by atoms with Crippen molar-refractivity contribution in [1.29, 1.82) is 0 Å². The SMILES string of the molecule is CC(=CC(C)OC(C)C)C(=O)O. The Morgan fingerprint density at radius 2 is 1.92 bits per heavy atom. The van der Waals surface area contributed by atoms with Crippen LogP contribution in [0, 0.1) is 0 Å². The molecular formula is C9H16O3. The number of hydrogen-bond donors (Lipinski definition) is 1. The topological polar surface area (TPSA) is 46.5 Å². The number of carboxylic acids is 1. The lowest BCUT2D eigenvalue weighted by molar-refractivity contribution is -0.132. The van der Waals surface area contributed by atoms with Gasteiger partial charge in [0.1, 0.15) is 0 Å². The Bertz CT molecular complexity index is 182. The molecule has 0 bridgehead atoms. The Hall–Kier alpha value is -0.830. The van der Waals surface area contributed by atoms with E-state index in [1.54, 1.807) is 13.0 Å². The number of aliphatic carboxylic acids is 1. The summed E-state index contributed by atoms with van der Waals surface area (Å²) in [5.74, 6) is -0.894. The molecule has 1 N–H and O–H groups in total. The molecule has 1 unspecified atom stereocenters. The first-order chi connectivity index (χ1) is 5.43. The maximum absolute atomic E-state index is 10.4. The van der Waals surface area contributed by atoms with Gasteiger partial charge in [-0.2, -0.15) is 0 Å². The van der Waals surface area contributed by atoms with Crippen LogP contribution in [0.25, 0.3) is 0 Å². The Labute approximate surface area is 73.0 Å². The van der Waals surface area contributed by atoms with Crippen LogP contribution < -0.4 is 0 Å². The summed E-state index contributed by atoms with van der Waals surface area (Å²) in [5.41, 5.74) is 0.322. The lowest BCUT2D eigenvalue weighted by atomic mass is 10.2. The molecule has 0 saturated carbocycles. The minimum absolute atomic E-state index is 0.123. The van der Waals surface area contributed by atoms with Crippen molar-refractivity contribution in [3.63, 3.8) is 0 Å². The third-order valence-corrected chi connectivity index (χ3v) is 1.31. The predicted octanol–water partition coefficient (Wildman–Crippen LogP) is 1.83. The van der Waals surface area contributed by atoms with E-state index in [-0.39, 0.29) is 12.2 Å². The van der Waals surface area contributed by atoms with Gasteiger partial charge in [-0.15, -0.1) is 0 Å². The fraction of sp³-hybridized carbons (Fsp3) is 0.667. The van der Waals surface area contributed by atoms with E-state index in [4.69, 9.17) is 9.84 Å². The highest BCUT2D eigenvalue weighted by atomic mass is 16.5. The third-order valence-electron chi connectivity index (χ3n) is 1.31. The Morgan fingerprint density at radius 1 is 1.42 bits per heavy atom. The highest BCUT2D eigenvalue weighted by Gasteiger charge is 2.05. The quantitative estimate of drug-likeness (QED) is 0.658. The van der Waals surface area contributed by atoms with E-state index in [9.17, 15) is 4.79 Å². The van der Waals surface area contributed by atoms with Crippen molar-refractivity contribution in [3.8, 4) is 0 Å². The van der Waals surface area contributed by atoms with Crippen molar-refractivity contribution in [3.05, 3.63) is 11.6 Å². The monoisotopic (exact) mass is 172 g/mol. The number of carbonyl (C=O) groups is 1. The van der Waals surface area contributed by atoms with Crippen molar-refractivity contribution in [1.82, 2.24) is 0 Å². The van der Waals surface area contributed by atoms with Gasteiger partial charge in [-0.05, 0) is 33.8 Å². The van der Waals surface area contributed by atoms with E-state index in [1.807, 2.05) is 20.8 Å². The molecule has 70 valence electrons. The van der Waals surface area contributed by atoms with E-state index in [0.717, 1.165) is 0 Å². The molecule has 0 fully saturated rings. The van der Waals surface area contributed by atoms with Gasteiger partial charge < -0.3 is 9.84 Å². The molecule has 0 aromatic carbocycles. The van der Waals surface area contributed by atoms with Crippen molar-refractivity contribution >= 4 is 5.97 Å². The van der Waals surface area contributed by atoms with Crippen LogP contribution in [0.4, 0.5) is 0 Å². The summed E-state index contributed by atoms with van der Waals surface area (Å²) in [4.78, 5) is 10.4. The minimum Gasteiger partial charge on any atom is -0.478 e. The smallest absolute Gasteiger partial charge is 0.331 e. The second-order valence-electron chi connectivity index (χ2n) is 3.04. The van der Waals surface area contributed by atoms with E-state index in [1.165, 1.54) is 0 Å². The average molecular weight is 172 g/mol. The molecule has 0 saturated heterocycles. The van der Waals surface area contributed by atoms with Crippen LogP contribution in [0.3, 0.4) is 0 Å². The van der Waals surface area contributed by atoms with Crippen molar-refractivity contribution < 1.29 is 14.6 Å². The number of ether oxygens (including phenoxy) is 1. The van der Waals surface area contributed by atoms with Crippen LogP contribution in [-0.2, 0) is 9.53 Å². The Morgan fingerprint density at radius 3 is 2.25 bits per heavy atom. The van der Waals surface area contributed by atoms with E-state index in [2.05, 4.69) is 0 Å². The molecule has 0 radical (unpaired) electrons. The average Bonchev–Trinajstić information content (AvgIpc) is 1.84. The standard InChI is InChI=1S/C9H16O3/c1-6(2)12-8(4)5-7(3)9(10)11/h5-6,8H,1-4H3,(H,10,11). The zero-order chi connectivity index (χ0) is 9.72. The second-order valence-corrected chi connectivity index (χ2v) is 3.04. The lowest BCUT2D eigenvalue weighted by Crippen LogP contribution is -2.13. The molecule has 0 aromatic rings. The summed E-state index contributed by atoms with van der Waals surface area (Å²) >= 11 is 0. The molecule has 0 rings (SSSR count). The summed E-state index contributed by atoms with van der Waals surface area (Å²) in [6, 6.07) is 0. The maximum Gasteiger partial charge on any atom is 0.331 e. The molecule has 12 heavy (non-hydrogen) atoms. The predicted molar refractivity (Wildman–Crippen MR) is 47.1 cm³/mol. The lowest BCUT2D eigenvalue weighted by Gasteiger charge is -2.12. The molecule has 3 nitrogen and oxygen atoms in total. The maximum atomic E-state index is 10.4. The van der Waals surface area contributed by atoms with Gasteiger partial charge in [-0.1, -0.05) is 0 Å². The van der Waals surface area contributed by atoms with Crippen LogP contribution in [0.15, 0.2) is 11.6 Å². The summed E-state index contributed by atoms with van der Waals surface area (Å²) in [5, 5.41) is 8.54. The van der Waals surface area contributed by atoms with Gasteiger partial charge in [0.15, 0.2) is 0 Å². The highest BCUT2D eigenvalue weighted by molar-refractivity contribution is 5.85. The van der Waals surface area contributed by atoms with Gasteiger partial charge in [0.05, 0.1) is 12.2 Å². The van der Waals surface area contributed by atoms with Crippen LogP contribution in [0.2, 0.25) is 0 Å². The Kier molecular flexibility index (Phi) is 4.59. The van der Waals surface area contributed by atoms with Gasteiger partial charge in [0.25, 0.3) is 0 Å². The van der Waals surface area contributed by atoms with E-state index < -0.39 is 5.97 Å². The third kappa shape index (κ3) is 4.91. The first kappa shape index (κ1) is 11.2. The second kappa shape index (κ2) is 4.93. The highest BCUT2D eigenvalue weighted by Crippen LogP contribution is 2.02. The number of carboxylic acid groups (broad SMARTS) is 1. The molecule has 0 aliphatic rings. The number of hydrogen-bond acceptors (Lipinski definition) is 2. The molecule has 0 aromatic heterocycles. The van der Waals surface area contributed by atoms with Gasteiger partial charge in [-0.3, -0.25) is 0 Å². The van der Waals surface area contributed by atoms with Gasteiger partial charge in [0.2, 0.25) is 0 Å². The van der Waals surface area contributed by atoms with Crippen molar-refractivity contribution in [2.75, 3.05) is 0 Å². The van der Waals surface area contributed by atoms with E-state index in [0.29, 0.717) is 5.57 Å². The fourth-order valence-electron chi connectivity index (χ4n) is 0.892. The molecular weight excluding hydrogens is 156 g/mol. The Balaban J connectivity index is 4.05. The zero-order valence-corrected chi connectivity index (χ0v) is 8.00. The van der Waals surface area contributed by atoms with E-state index >= 15 is 0 Å². The van der Waals surface area contributed by atoms with Crippen molar-refractivity contribution in [2.24, 2.45) is 0 Å². The van der Waals surface area contributed by atoms with Crippen LogP contribution >= 0.6 is 0 Å². The van der Waals surface area contributed by atoms with Gasteiger partial charge in [-0.25, -0.2) is 4.79 Å². The molecule has 0 aliphatic heterocycles. The molecule has 3 heteroatoms. The molecule has 0 aliphatic carbocycles. The van der Waals surface area contributed by atoms with Crippen molar-refractivity contribution in [2.45, 2.75) is 39.9 Å². The molecule has 0 amide bonds. The first-order valence-corrected chi connectivity index (χ1v) is 4.00. The summed E-state index contributed by atoms with van der Waals surface area (Å²) in [6.45, 7) is 7.22. The number of rotatable bonds is 4.